The second-order valence-corrected chi connectivity index (χ2v) is 11.6. The molecule has 0 bridgehead atoms. The maximum absolute atomic E-state index is 14.2. The lowest BCUT2D eigenvalue weighted by Crippen LogP contribution is -2.60. The Labute approximate surface area is 265 Å². The predicted octanol–water partition coefficient (Wildman–Crippen LogP) is 5.94. The topological polar surface area (TPSA) is 117 Å². The molecule has 1 fully saturated rings. The quantitative estimate of drug-likeness (QED) is 0.120. The Balaban J connectivity index is 1.35. The number of nitrogens with zero attached hydrogens (tertiary/aromatic N) is 3. The fraction of sp³-hybridized carbons (Fsp3) is 0.286. The number of aliphatic imine (C=N–C) groups is 1. The molecule has 1 saturated heterocycles. The molecule has 2 amide bonds. The summed E-state index contributed by atoms with van der Waals surface area (Å²) in [6, 6.07) is 25.0. The van der Waals surface area contributed by atoms with Crippen molar-refractivity contribution in [1.82, 2.24) is 9.80 Å². The first-order chi connectivity index (χ1) is 22.0. The van der Waals surface area contributed by atoms with Gasteiger partial charge in [-0.15, -0.1) is 0 Å². The highest BCUT2D eigenvalue weighted by Crippen LogP contribution is 2.32. The number of halogens is 3. The van der Waals surface area contributed by atoms with Crippen LogP contribution in [0.5, 0.6) is 0 Å². The Kier molecular flexibility index (Phi) is 9.79. The fourth-order valence-corrected chi connectivity index (χ4v) is 5.87. The number of para-hydroxylation sites is 1. The van der Waals surface area contributed by atoms with Crippen LogP contribution in [0.15, 0.2) is 96.0 Å². The lowest BCUT2D eigenvalue weighted by molar-refractivity contribution is -0.137. The lowest BCUT2D eigenvalue weighted by atomic mass is 9.99. The van der Waals surface area contributed by atoms with E-state index in [0.717, 1.165) is 28.5 Å². The van der Waals surface area contributed by atoms with E-state index in [0.29, 0.717) is 49.4 Å². The van der Waals surface area contributed by atoms with Crippen molar-refractivity contribution in [2.45, 2.75) is 44.4 Å². The maximum atomic E-state index is 14.2. The highest BCUT2D eigenvalue weighted by molar-refractivity contribution is 6.00. The van der Waals surface area contributed by atoms with E-state index in [9.17, 15) is 22.8 Å². The number of guanidine groups is 1. The number of hydrogen-bond acceptors (Lipinski definition) is 4. The zero-order valence-corrected chi connectivity index (χ0v) is 25.5. The molecule has 0 spiro atoms. The maximum Gasteiger partial charge on any atom is 0.416 e. The first kappa shape index (κ1) is 32.3. The number of alkyl halides is 3. The molecular weight excluding hydrogens is 593 g/mol. The number of amides is 2. The van der Waals surface area contributed by atoms with Crippen molar-refractivity contribution >= 4 is 39.9 Å². The summed E-state index contributed by atoms with van der Waals surface area (Å²) in [6.45, 7) is 2.97. The van der Waals surface area contributed by atoms with Crippen molar-refractivity contribution < 1.29 is 22.8 Å². The van der Waals surface area contributed by atoms with E-state index in [1.54, 1.807) is 29.2 Å². The molecular formula is C35H37F3N6O2. The second kappa shape index (κ2) is 13.9. The number of fused-ring (bicyclic) bond motifs is 1. The molecule has 11 heteroatoms. The van der Waals surface area contributed by atoms with E-state index in [4.69, 9.17) is 11.5 Å². The zero-order chi connectivity index (χ0) is 32.8. The number of piperazine rings is 1. The summed E-state index contributed by atoms with van der Waals surface area (Å²) in [5.41, 5.74) is 12.4. The summed E-state index contributed by atoms with van der Waals surface area (Å²) in [5, 5.41) is 5.28. The summed E-state index contributed by atoms with van der Waals surface area (Å²) >= 11 is 0. The summed E-state index contributed by atoms with van der Waals surface area (Å²) in [7, 11) is 0. The van der Waals surface area contributed by atoms with Gasteiger partial charge in [0.15, 0.2) is 5.96 Å². The van der Waals surface area contributed by atoms with E-state index in [1.807, 2.05) is 54.3 Å². The second-order valence-electron chi connectivity index (χ2n) is 11.6. The molecule has 1 heterocycles. The van der Waals surface area contributed by atoms with Crippen molar-refractivity contribution in [2.75, 3.05) is 25.0 Å². The molecule has 1 aliphatic rings. The van der Waals surface area contributed by atoms with Crippen LogP contribution in [0.25, 0.3) is 10.8 Å². The van der Waals surface area contributed by atoms with Crippen LogP contribution < -0.4 is 16.8 Å². The minimum absolute atomic E-state index is 0.0133. The Bertz CT molecular complexity index is 1720. The van der Waals surface area contributed by atoms with Gasteiger partial charge in [0.2, 0.25) is 5.91 Å². The van der Waals surface area contributed by atoms with Crippen LogP contribution in [0.3, 0.4) is 0 Å². The molecule has 0 aromatic heterocycles. The van der Waals surface area contributed by atoms with Crippen LogP contribution >= 0.6 is 0 Å². The standard InChI is InChI=1S/C35H37F3N6O2/c1-23-21-44(33(46)30-10-4-5-11-31(30)42-28-16-14-27(15-17-28)35(36,37)38)29(9-6-18-41-34(39)40)22-43(23)32(45)20-24-12-13-25-7-2-3-8-26(25)19-24/h2-5,7-8,10-17,19,23,29,42H,6,9,18,20-22H2,1H3,(H4,39,40,41)/t23-,29+/m1/s1. The Morgan fingerprint density at radius 1 is 0.891 bits per heavy atom. The van der Waals surface area contributed by atoms with E-state index < -0.39 is 11.7 Å². The highest BCUT2D eigenvalue weighted by Gasteiger charge is 2.37. The summed E-state index contributed by atoms with van der Waals surface area (Å²) in [5.74, 6) is -0.274. The van der Waals surface area contributed by atoms with Crippen molar-refractivity contribution in [1.29, 1.82) is 0 Å². The number of nitrogens with two attached hydrogens (primary N) is 2. The SMILES string of the molecule is C[C@@H]1CN(C(=O)c2ccccc2Nc2ccc(C(F)(F)F)cc2)[C@@H](CCCN=C(N)N)CN1C(=O)Cc1ccc2ccccc2c1. The van der Waals surface area contributed by atoms with E-state index >= 15 is 0 Å². The number of benzene rings is 4. The van der Waals surface area contributed by atoms with Gasteiger partial charge in [0, 0.05) is 37.4 Å². The average Bonchev–Trinajstić information content (AvgIpc) is 3.03. The number of carbonyl (C=O) groups excluding carboxylic acids is 2. The van der Waals surface area contributed by atoms with Gasteiger partial charge in [-0.05, 0) is 72.5 Å². The summed E-state index contributed by atoms with van der Waals surface area (Å²) < 4.78 is 39.2. The molecule has 0 saturated carbocycles. The predicted molar refractivity (Wildman–Crippen MR) is 175 cm³/mol. The number of anilines is 2. The zero-order valence-electron chi connectivity index (χ0n) is 25.5. The van der Waals surface area contributed by atoms with Gasteiger partial charge in [-0.3, -0.25) is 14.6 Å². The van der Waals surface area contributed by atoms with Gasteiger partial charge in [-0.25, -0.2) is 0 Å². The van der Waals surface area contributed by atoms with Crippen LogP contribution in [0, 0.1) is 0 Å². The number of nitrogens with one attached hydrogen (secondary N) is 1. The molecule has 5 rings (SSSR count). The smallest absolute Gasteiger partial charge is 0.370 e. The first-order valence-electron chi connectivity index (χ1n) is 15.2. The summed E-state index contributed by atoms with van der Waals surface area (Å²) in [6.07, 6.45) is -3.05. The van der Waals surface area contributed by atoms with Crippen LogP contribution in [-0.2, 0) is 17.4 Å². The van der Waals surface area contributed by atoms with E-state index in [1.165, 1.54) is 12.1 Å². The lowest BCUT2D eigenvalue weighted by Gasteiger charge is -2.45. The number of carbonyl (C=O) groups is 2. The molecule has 240 valence electrons. The average molecular weight is 631 g/mol. The molecule has 5 N–H and O–H groups in total. The van der Waals surface area contributed by atoms with Gasteiger partial charge in [-0.1, -0.05) is 54.6 Å². The van der Waals surface area contributed by atoms with Crippen molar-refractivity contribution in [3.63, 3.8) is 0 Å². The third-order valence-corrected chi connectivity index (χ3v) is 8.23. The molecule has 2 atom stereocenters. The highest BCUT2D eigenvalue weighted by atomic mass is 19.4. The van der Waals surface area contributed by atoms with Crippen LogP contribution in [0.4, 0.5) is 24.5 Å². The van der Waals surface area contributed by atoms with Gasteiger partial charge in [0.25, 0.3) is 5.91 Å². The van der Waals surface area contributed by atoms with Gasteiger partial charge >= 0.3 is 6.18 Å². The number of rotatable bonds is 9. The van der Waals surface area contributed by atoms with Gasteiger partial charge in [0.1, 0.15) is 0 Å². The molecule has 0 radical (unpaired) electrons. The number of hydrogen-bond donors (Lipinski definition) is 3. The molecule has 0 aliphatic carbocycles. The first-order valence-corrected chi connectivity index (χ1v) is 15.2. The Hall–Kier alpha value is -5.06. The molecule has 8 nitrogen and oxygen atoms in total. The van der Waals surface area contributed by atoms with Crippen molar-refractivity contribution in [3.8, 4) is 0 Å². The Morgan fingerprint density at radius 2 is 1.59 bits per heavy atom. The minimum Gasteiger partial charge on any atom is -0.370 e. The van der Waals surface area contributed by atoms with Crippen LogP contribution in [0.1, 0.15) is 41.3 Å². The largest absolute Gasteiger partial charge is 0.416 e. The fourth-order valence-electron chi connectivity index (χ4n) is 5.87. The normalized spacial score (nSPS) is 16.7. The molecule has 4 aromatic rings. The molecule has 0 unspecified atom stereocenters. The molecule has 1 aliphatic heterocycles. The Morgan fingerprint density at radius 3 is 2.30 bits per heavy atom. The van der Waals surface area contributed by atoms with Crippen molar-refractivity contribution in [3.05, 3.63) is 108 Å². The van der Waals surface area contributed by atoms with Crippen LogP contribution in [-0.4, -0.2) is 59.3 Å². The molecule has 4 aromatic carbocycles. The van der Waals surface area contributed by atoms with E-state index in [2.05, 4.69) is 10.3 Å². The van der Waals surface area contributed by atoms with Gasteiger partial charge in [-0.2, -0.15) is 13.2 Å². The van der Waals surface area contributed by atoms with Gasteiger partial charge < -0.3 is 26.6 Å². The van der Waals surface area contributed by atoms with Gasteiger partial charge in [0.05, 0.1) is 23.2 Å². The summed E-state index contributed by atoms with van der Waals surface area (Å²) in [4.78, 5) is 35.5. The minimum atomic E-state index is -4.45. The monoisotopic (exact) mass is 630 g/mol. The van der Waals surface area contributed by atoms with E-state index in [-0.39, 0.29) is 36.3 Å². The molecule has 46 heavy (non-hydrogen) atoms. The van der Waals surface area contributed by atoms with Crippen LogP contribution in [0.2, 0.25) is 0 Å². The van der Waals surface area contributed by atoms with Crippen molar-refractivity contribution in [2.24, 2.45) is 16.5 Å². The third-order valence-electron chi connectivity index (χ3n) is 8.23. The third kappa shape index (κ3) is 7.77.